The molecule has 92 valence electrons. The molecular formula is C11H20N2O3. The molecule has 0 bridgehead atoms. The second-order valence-corrected chi connectivity index (χ2v) is 4.62. The maximum absolute atomic E-state index is 11.9. The summed E-state index contributed by atoms with van der Waals surface area (Å²) in [6.07, 6.45) is 2.93. The molecule has 1 aliphatic heterocycles. The molecule has 1 unspecified atom stereocenters. The Morgan fingerprint density at radius 2 is 2.25 bits per heavy atom. The number of nitrogens with one attached hydrogen (secondary N) is 1. The summed E-state index contributed by atoms with van der Waals surface area (Å²) in [5.74, 6) is 0.0791. The Hall–Kier alpha value is -0.650. The molecule has 16 heavy (non-hydrogen) atoms. The fraction of sp³-hybridized carbons (Fsp3) is 0.909. The Morgan fingerprint density at radius 3 is 2.75 bits per heavy atom. The van der Waals surface area contributed by atoms with Gasteiger partial charge in [-0.15, -0.1) is 0 Å². The van der Waals surface area contributed by atoms with Crippen LogP contribution in [0.2, 0.25) is 0 Å². The quantitative estimate of drug-likeness (QED) is 0.689. The number of hydrogen-bond acceptors (Lipinski definition) is 4. The minimum Gasteiger partial charge on any atom is -0.376 e. The molecule has 0 aromatic carbocycles. The molecule has 1 heterocycles. The fourth-order valence-corrected chi connectivity index (χ4v) is 2.18. The molecule has 1 atom stereocenters. The van der Waals surface area contributed by atoms with Gasteiger partial charge in [-0.25, -0.2) is 0 Å². The molecule has 5 nitrogen and oxygen atoms in total. The number of carbonyl (C=O) groups is 1. The summed E-state index contributed by atoms with van der Waals surface area (Å²) in [6, 6.07) is 0. The zero-order chi connectivity index (χ0) is 11.4. The zero-order valence-corrected chi connectivity index (χ0v) is 9.54. The van der Waals surface area contributed by atoms with Crippen LogP contribution in [-0.2, 0) is 14.3 Å². The molecule has 0 aromatic heterocycles. The van der Waals surface area contributed by atoms with Gasteiger partial charge < -0.3 is 20.5 Å². The number of rotatable bonds is 4. The second-order valence-electron chi connectivity index (χ2n) is 4.62. The van der Waals surface area contributed by atoms with Gasteiger partial charge in [0.05, 0.1) is 31.3 Å². The first-order valence-corrected chi connectivity index (χ1v) is 5.94. The Kier molecular flexibility index (Phi) is 3.78. The number of ether oxygens (including phenoxy) is 2. The summed E-state index contributed by atoms with van der Waals surface area (Å²) in [7, 11) is 0. The summed E-state index contributed by atoms with van der Waals surface area (Å²) < 4.78 is 10.7. The van der Waals surface area contributed by atoms with E-state index >= 15 is 0 Å². The lowest BCUT2D eigenvalue weighted by Gasteiger charge is -2.39. The van der Waals surface area contributed by atoms with Gasteiger partial charge in [0.1, 0.15) is 0 Å². The van der Waals surface area contributed by atoms with E-state index in [4.69, 9.17) is 15.2 Å². The summed E-state index contributed by atoms with van der Waals surface area (Å²) in [5.41, 5.74) is 5.37. The van der Waals surface area contributed by atoms with Crippen LogP contribution in [0.5, 0.6) is 0 Å². The minimum atomic E-state index is -0.296. The van der Waals surface area contributed by atoms with Crippen molar-refractivity contribution in [3.63, 3.8) is 0 Å². The Bertz CT molecular complexity index is 242. The van der Waals surface area contributed by atoms with Crippen LogP contribution in [-0.4, -0.2) is 44.9 Å². The molecule has 2 fully saturated rings. The van der Waals surface area contributed by atoms with E-state index in [9.17, 15) is 4.79 Å². The van der Waals surface area contributed by atoms with E-state index in [1.807, 2.05) is 0 Å². The van der Waals surface area contributed by atoms with Crippen LogP contribution in [0.25, 0.3) is 0 Å². The summed E-state index contributed by atoms with van der Waals surface area (Å²) >= 11 is 0. The normalized spacial score (nSPS) is 28.2. The standard InChI is InChI=1S/C11H20N2O3/c12-8-11(2-1-3-11)10(14)13-6-9-7-15-4-5-16-9/h9H,1-8,12H2,(H,13,14). The van der Waals surface area contributed by atoms with Crippen molar-refractivity contribution in [3.8, 4) is 0 Å². The van der Waals surface area contributed by atoms with E-state index in [1.165, 1.54) is 0 Å². The molecule has 0 aromatic rings. The van der Waals surface area contributed by atoms with Crippen molar-refractivity contribution < 1.29 is 14.3 Å². The van der Waals surface area contributed by atoms with Gasteiger partial charge in [-0.3, -0.25) is 4.79 Å². The average Bonchev–Trinajstić information content (AvgIpc) is 2.27. The van der Waals surface area contributed by atoms with Crippen molar-refractivity contribution in [2.24, 2.45) is 11.1 Å². The van der Waals surface area contributed by atoms with Crippen LogP contribution < -0.4 is 11.1 Å². The number of carbonyl (C=O) groups excluding carboxylic acids is 1. The SMILES string of the molecule is NCC1(C(=O)NCC2COCCO2)CCC1. The average molecular weight is 228 g/mol. The highest BCUT2D eigenvalue weighted by atomic mass is 16.6. The van der Waals surface area contributed by atoms with Crippen molar-refractivity contribution in [2.75, 3.05) is 32.9 Å². The molecule has 1 aliphatic carbocycles. The van der Waals surface area contributed by atoms with Crippen LogP contribution in [0.15, 0.2) is 0 Å². The molecule has 0 radical (unpaired) electrons. The van der Waals surface area contributed by atoms with Crippen molar-refractivity contribution in [1.29, 1.82) is 0 Å². The van der Waals surface area contributed by atoms with Gasteiger partial charge in [0.25, 0.3) is 0 Å². The Morgan fingerprint density at radius 1 is 1.44 bits per heavy atom. The first kappa shape index (κ1) is 11.8. The molecule has 1 amide bonds. The third kappa shape index (κ3) is 2.36. The maximum Gasteiger partial charge on any atom is 0.227 e. The van der Waals surface area contributed by atoms with Crippen molar-refractivity contribution >= 4 is 5.91 Å². The largest absolute Gasteiger partial charge is 0.376 e. The van der Waals surface area contributed by atoms with Crippen LogP contribution in [0.1, 0.15) is 19.3 Å². The van der Waals surface area contributed by atoms with Crippen LogP contribution in [0, 0.1) is 5.41 Å². The van der Waals surface area contributed by atoms with E-state index in [2.05, 4.69) is 5.32 Å². The highest BCUT2D eigenvalue weighted by molar-refractivity contribution is 5.83. The van der Waals surface area contributed by atoms with Crippen molar-refractivity contribution in [2.45, 2.75) is 25.4 Å². The first-order chi connectivity index (χ1) is 7.77. The van der Waals surface area contributed by atoms with E-state index in [-0.39, 0.29) is 17.4 Å². The highest BCUT2D eigenvalue weighted by Crippen LogP contribution is 2.39. The van der Waals surface area contributed by atoms with Crippen LogP contribution in [0.4, 0.5) is 0 Å². The van der Waals surface area contributed by atoms with Gasteiger partial charge in [-0.05, 0) is 12.8 Å². The summed E-state index contributed by atoms with van der Waals surface area (Å²) in [6.45, 7) is 2.80. The lowest BCUT2D eigenvalue weighted by Crippen LogP contribution is -2.52. The predicted octanol–water partition coefficient (Wildman–Crippen LogP) is -0.353. The summed E-state index contributed by atoms with van der Waals surface area (Å²) in [4.78, 5) is 11.9. The third-order valence-electron chi connectivity index (χ3n) is 3.56. The first-order valence-electron chi connectivity index (χ1n) is 5.94. The smallest absolute Gasteiger partial charge is 0.227 e. The van der Waals surface area contributed by atoms with E-state index in [0.29, 0.717) is 32.9 Å². The molecule has 2 rings (SSSR count). The molecule has 3 N–H and O–H groups in total. The van der Waals surface area contributed by atoms with Gasteiger partial charge in [0.15, 0.2) is 0 Å². The van der Waals surface area contributed by atoms with E-state index < -0.39 is 0 Å². The summed E-state index contributed by atoms with van der Waals surface area (Å²) in [5, 5.41) is 2.92. The van der Waals surface area contributed by atoms with Gasteiger partial charge >= 0.3 is 0 Å². The number of hydrogen-bond donors (Lipinski definition) is 2. The van der Waals surface area contributed by atoms with E-state index in [0.717, 1.165) is 19.3 Å². The maximum atomic E-state index is 11.9. The lowest BCUT2D eigenvalue weighted by molar-refractivity contribution is -0.137. The minimum absolute atomic E-state index is 0.00685. The number of nitrogens with two attached hydrogens (primary N) is 1. The topological polar surface area (TPSA) is 73.6 Å². The van der Waals surface area contributed by atoms with Crippen LogP contribution in [0.3, 0.4) is 0 Å². The molecule has 0 spiro atoms. The fourth-order valence-electron chi connectivity index (χ4n) is 2.18. The lowest BCUT2D eigenvalue weighted by atomic mass is 9.68. The predicted molar refractivity (Wildman–Crippen MR) is 58.9 cm³/mol. The number of amides is 1. The Balaban J connectivity index is 1.74. The molecule has 2 aliphatic rings. The van der Waals surface area contributed by atoms with Crippen molar-refractivity contribution in [3.05, 3.63) is 0 Å². The van der Waals surface area contributed by atoms with Gasteiger partial charge in [0, 0.05) is 13.1 Å². The second kappa shape index (κ2) is 5.12. The van der Waals surface area contributed by atoms with Gasteiger partial charge in [-0.2, -0.15) is 0 Å². The van der Waals surface area contributed by atoms with Gasteiger partial charge in [-0.1, -0.05) is 6.42 Å². The van der Waals surface area contributed by atoms with Gasteiger partial charge in [0.2, 0.25) is 5.91 Å². The molecule has 1 saturated carbocycles. The monoisotopic (exact) mass is 228 g/mol. The Labute approximate surface area is 95.7 Å². The molecular weight excluding hydrogens is 208 g/mol. The van der Waals surface area contributed by atoms with Crippen LogP contribution >= 0.6 is 0 Å². The highest BCUT2D eigenvalue weighted by Gasteiger charge is 2.42. The van der Waals surface area contributed by atoms with Crippen molar-refractivity contribution in [1.82, 2.24) is 5.32 Å². The molecule has 1 saturated heterocycles. The van der Waals surface area contributed by atoms with E-state index in [1.54, 1.807) is 0 Å². The third-order valence-corrected chi connectivity index (χ3v) is 3.56. The zero-order valence-electron chi connectivity index (χ0n) is 9.54. The molecule has 5 heteroatoms.